The number of carbonyl (C=O) groups is 2. The number of benzene rings is 1. The summed E-state index contributed by atoms with van der Waals surface area (Å²) >= 11 is 0. The fourth-order valence-corrected chi connectivity index (χ4v) is 1.93. The van der Waals surface area contributed by atoms with Gasteiger partial charge >= 0.3 is 12.6 Å². The Morgan fingerprint density at radius 1 is 1.27 bits per heavy atom. The van der Waals surface area contributed by atoms with E-state index >= 15 is 0 Å². The van der Waals surface area contributed by atoms with Gasteiger partial charge in [-0.05, 0) is 24.6 Å². The summed E-state index contributed by atoms with van der Waals surface area (Å²) in [5.41, 5.74) is 1.09. The van der Waals surface area contributed by atoms with Crippen molar-refractivity contribution in [3.05, 3.63) is 41.3 Å². The molecule has 1 N–H and O–H groups in total. The second kappa shape index (κ2) is 8.79. The lowest BCUT2D eigenvalue weighted by Crippen LogP contribution is -2.28. The number of hydrogen-bond acceptors (Lipinski definition) is 7. The van der Waals surface area contributed by atoms with Crippen LogP contribution in [0.5, 0.6) is 11.5 Å². The van der Waals surface area contributed by atoms with E-state index in [9.17, 15) is 18.4 Å². The summed E-state index contributed by atoms with van der Waals surface area (Å²) in [7, 11) is 1.31. The number of hydrogen-bond donors (Lipinski definition) is 1. The van der Waals surface area contributed by atoms with Crippen LogP contribution in [0.3, 0.4) is 0 Å². The number of nitrogens with one attached hydrogen (secondary N) is 1. The number of rotatable bonds is 8. The lowest BCUT2D eigenvalue weighted by atomic mass is 10.2. The van der Waals surface area contributed by atoms with Gasteiger partial charge in [0.15, 0.2) is 18.1 Å². The summed E-state index contributed by atoms with van der Waals surface area (Å²) in [5, 5.41) is 6.05. The van der Waals surface area contributed by atoms with Crippen LogP contribution in [0.1, 0.15) is 21.8 Å². The van der Waals surface area contributed by atoms with Crippen LogP contribution >= 0.6 is 0 Å². The fraction of sp³-hybridized carbons (Fsp3) is 0.312. The third-order valence-electron chi connectivity index (χ3n) is 3.10. The molecule has 8 nitrogen and oxygen atoms in total. The highest BCUT2D eigenvalue weighted by Gasteiger charge is 2.15. The molecule has 10 heteroatoms. The summed E-state index contributed by atoms with van der Waals surface area (Å²) in [5.74, 6) is -1.48. The average Bonchev–Trinajstić information content (AvgIpc) is 3.04. The van der Waals surface area contributed by atoms with Crippen LogP contribution < -0.4 is 14.8 Å². The van der Waals surface area contributed by atoms with Gasteiger partial charge in [-0.2, -0.15) is 8.78 Å². The molecule has 0 aliphatic heterocycles. The number of halogens is 2. The maximum absolute atomic E-state index is 12.3. The molecule has 2 rings (SSSR count). The SMILES string of the molecule is COc1cc(CNC(=O)COC(=O)c2cc(C)no2)ccc1OC(F)F. The Morgan fingerprint density at radius 2 is 2.04 bits per heavy atom. The van der Waals surface area contributed by atoms with E-state index in [1.54, 1.807) is 6.92 Å². The first-order valence-corrected chi connectivity index (χ1v) is 7.38. The summed E-state index contributed by atoms with van der Waals surface area (Å²) in [6, 6.07) is 5.62. The van der Waals surface area contributed by atoms with E-state index in [0.717, 1.165) is 0 Å². The minimum Gasteiger partial charge on any atom is -0.493 e. The Morgan fingerprint density at radius 3 is 2.65 bits per heavy atom. The van der Waals surface area contributed by atoms with Crippen LogP contribution in [-0.2, 0) is 16.1 Å². The fourth-order valence-electron chi connectivity index (χ4n) is 1.93. The molecule has 1 amide bonds. The van der Waals surface area contributed by atoms with Gasteiger partial charge in [0, 0.05) is 12.6 Å². The molecule has 0 fully saturated rings. The molecule has 0 bridgehead atoms. The van der Waals surface area contributed by atoms with Gasteiger partial charge in [-0.25, -0.2) is 4.79 Å². The second-order valence-corrected chi connectivity index (χ2v) is 5.05. The zero-order chi connectivity index (χ0) is 19.1. The maximum atomic E-state index is 12.3. The zero-order valence-corrected chi connectivity index (χ0v) is 14.0. The Hall–Kier alpha value is -3.17. The van der Waals surface area contributed by atoms with Crippen LogP contribution in [0.2, 0.25) is 0 Å². The molecule has 1 heterocycles. The van der Waals surface area contributed by atoms with Crippen molar-refractivity contribution in [2.45, 2.75) is 20.1 Å². The molecule has 0 aliphatic rings. The smallest absolute Gasteiger partial charge is 0.387 e. The van der Waals surface area contributed by atoms with Gasteiger partial charge in [-0.15, -0.1) is 0 Å². The van der Waals surface area contributed by atoms with Crippen molar-refractivity contribution in [1.82, 2.24) is 10.5 Å². The summed E-state index contributed by atoms with van der Waals surface area (Å²) < 4.78 is 43.3. The molecule has 0 saturated carbocycles. The van der Waals surface area contributed by atoms with Crippen molar-refractivity contribution in [2.75, 3.05) is 13.7 Å². The van der Waals surface area contributed by atoms with Crippen LogP contribution in [0.15, 0.2) is 28.8 Å². The first-order chi connectivity index (χ1) is 12.4. The maximum Gasteiger partial charge on any atom is 0.387 e. The number of nitrogens with zero attached hydrogens (tertiary/aromatic N) is 1. The molecule has 0 atom stereocenters. The Labute approximate surface area is 147 Å². The van der Waals surface area contributed by atoms with Gasteiger partial charge < -0.3 is 24.1 Å². The van der Waals surface area contributed by atoms with Gasteiger partial charge in [0.1, 0.15) is 0 Å². The Kier molecular flexibility index (Phi) is 6.48. The molecule has 0 saturated heterocycles. The quantitative estimate of drug-likeness (QED) is 0.710. The number of amides is 1. The Bertz CT molecular complexity index is 778. The molecule has 26 heavy (non-hydrogen) atoms. The zero-order valence-electron chi connectivity index (χ0n) is 14.0. The summed E-state index contributed by atoms with van der Waals surface area (Å²) in [6.45, 7) is -1.78. The highest BCUT2D eigenvalue weighted by atomic mass is 19.3. The highest BCUT2D eigenvalue weighted by molar-refractivity contribution is 5.88. The van der Waals surface area contributed by atoms with Crippen molar-refractivity contribution in [3.8, 4) is 11.5 Å². The number of aromatic nitrogens is 1. The van der Waals surface area contributed by atoms with E-state index in [1.165, 1.54) is 31.4 Å². The van der Waals surface area contributed by atoms with Gasteiger partial charge in [0.05, 0.1) is 12.8 Å². The first-order valence-electron chi connectivity index (χ1n) is 7.38. The van der Waals surface area contributed by atoms with Gasteiger partial charge in [-0.3, -0.25) is 4.79 Å². The third kappa shape index (κ3) is 5.43. The lowest BCUT2D eigenvalue weighted by molar-refractivity contribution is -0.124. The van der Waals surface area contributed by atoms with Crippen molar-refractivity contribution >= 4 is 11.9 Å². The van der Waals surface area contributed by atoms with E-state index in [2.05, 4.69) is 15.2 Å². The number of esters is 1. The van der Waals surface area contributed by atoms with Crippen LogP contribution in [0.4, 0.5) is 8.78 Å². The van der Waals surface area contributed by atoms with Gasteiger partial charge in [0.25, 0.3) is 5.91 Å². The number of methoxy groups -OCH3 is 1. The van der Waals surface area contributed by atoms with Crippen molar-refractivity contribution < 1.29 is 37.1 Å². The molecule has 1 aromatic carbocycles. The van der Waals surface area contributed by atoms with Crippen LogP contribution in [0.25, 0.3) is 0 Å². The lowest BCUT2D eigenvalue weighted by Gasteiger charge is -2.12. The molecule has 0 unspecified atom stereocenters. The predicted octanol–water partition coefficient (Wildman–Crippen LogP) is 2.07. The molecular formula is C16H16F2N2O6. The van der Waals surface area contributed by atoms with Crippen molar-refractivity contribution in [2.24, 2.45) is 0 Å². The van der Waals surface area contributed by atoms with E-state index in [-0.39, 0.29) is 23.8 Å². The largest absolute Gasteiger partial charge is 0.493 e. The summed E-state index contributed by atoms with van der Waals surface area (Å²) in [4.78, 5) is 23.4. The summed E-state index contributed by atoms with van der Waals surface area (Å²) in [6.07, 6.45) is 0. The second-order valence-electron chi connectivity index (χ2n) is 5.05. The number of aryl methyl sites for hydroxylation is 1. The molecule has 140 valence electrons. The monoisotopic (exact) mass is 370 g/mol. The number of ether oxygens (including phenoxy) is 3. The van der Waals surface area contributed by atoms with E-state index < -0.39 is 25.1 Å². The molecule has 2 aromatic rings. The van der Waals surface area contributed by atoms with Crippen LogP contribution in [0, 0.1) is 6.92 Å². The van der Waals surface area contributed by atoms with E-state index in [0.29, 0.717) is 11.3 Å². The van der Waals surface area contributed by atoms with Crippen molar-refractivity contribution in [3.63, 3.8) is 0 Å². The minimum atomic E-state index is -2.97. The molecule has 0 spiro atoms. The number of carbonyl (C=O) groups excluding carboxylic acids is 2. The minimum absolute atomic E-state index is 0.0725. The van der Waals surface area contributed by atoms with Gasteiger partial charge in [-0.1, -0.05) is 11.2 Å². The first kappa shape index (κ1) is 19.2. The van der Waals surface area contributed by atoms with E-state index in [4.69, 9.17) is 14.0 Å². The molecule has 0 aliphatic carbocycles. The third-order valence-corrected chi connectivity index (χ3v) is 3.10. The topological polar surface area (TPSA) is 99.9 Å². The standard InChI is InChI=1S/C16H16F2N2O6/c1-9-5-13(26-20-9)15(22)24-8-14(21)19-7-10-3-4-11(25-16(17)18)12(6-10)23-2/h3-6,16H,7-8H2,1-2H3,(H,19,21). The number of alkyl halides is 2. The van der Waals surface area contributed by atoms with Crippen molar-refractivity contribution in [1.29, 1.82) is 0 Å². The van der Waals surface area contributed by atoms with Gasteiger partial charge in [0.2, 0.25) is 5.76 Å². The van der Waals surface area contributed by atoms with Crippen LogP contribution in [-0.4, -0.2) is 37.4 Å². The average molecular weight is 370 g/mol. The normalized spacial score (nSPS) is 10.5. The Balaban J connectivity index is 1.84. The predicted molar refractivity (Wildman–Crippen MR) is 83.0 cm³/mol. The molecule has 1 aromatic heterocycles. The molecule has 0 radical (unpaired) electrons. The van der Waals surface area contributed by atoms with E-state index in [1.807, 2.05) is 0 Å². The molecular weight excluding hydrogens is 354 g/mol. The highest BCUT2D eigenvalue weighted by Crippen LogP contribution is 2.29.